The summed E-state index contributed by atoms with van der Waals surface area (Å²) in [6.07, 6.45) is 7.51. The standard InChI is InChI=1S/C25H27Cl2N7/c1-25(2,18-8-12-33(3)13-9-18)31-24-30-22(16-6-10-28-11-7-16)21(23-32-29-15-34(23)24)17-4-5-19(26)20(27)14-17/h4-7,10-11,14-15,18H,8-9,12-13H2,1-3H3,(H,30,31). The third kappa shape index (κ3) is 4.35. The van der Waals surface area contributed by atoms with Gasteiger partial charge in [-0.1, -0.05) is 29.3 Å². The van der Waals surface area contributed by atoms with Crippen molar-refractivity contribution in [2.75, 3.05) is 25.5 Å². The van der Waals surface area contributed by atoms with E-state index in [1.807, 2.05) is 28.7 Å². The predicted octanol–water partition coefficient (Wildman–Crippen LogP) is 5.69. The highest BCUT2D eigenvalue weighted by Crippen LogP contribution is 2.38. The van der Waals surface area contributed by atoms with Gasteiger partial charge >= 0.3 is 0 Å². The van der Waals surface area contributed by atoms with E-state index in [9.17, 15) is 0 Å². The number of halogens is 2. The lowest BCUT2D eigenvalue weighted by Crippen LogP contribution is -2.45. The Morgan fingerprint density at radius 3 is 2.44 bits per heavy atom. The second-order valence-electron chi connectivity index (χ2n) is 9.47. The maximum atomic E-state index is 6.38. The van der Waals surface area contributed by atoms with Crippen molar-refractivity contribution in [3.8, 4) is 22.4 Å². The molecule has 9 heteroatoms. The minimum atomic E-state index is -0.161. The Kier molecular flexibility index (Phi) is 6.18. The van der Waals surface area contributed by atoms with Crippen LogP contribution in [0.25, 0.3) is 28.0 Å². The lowest BCUT2D eigenvalue weighted by atomic mass is 9.80. The molecule has 1 saturated heterocycles. The fourth-order valence-corrected chi connectivity index (χ4v) is 5.02. The van der Waals surface area contributed by atoms with Gasteiger partial charge in [-0.3, -0.25) is 9.38 Å². The number of rotatable bonds is 5. The van der Waals surface area contributed by atoms with Crippen LogP contribution in [-0.4, -0.2) is 55.1 Å². The summed E-state index contributed by atoms with van der Waals surface area (Å²) >= 11 is 12.6. The van der Waals surface area contributed by atoms with Crippen LogP contribution >= 0.6 is 23.2 Å². The Hall–Kier alpha value is -2.74. The third-order valence-electron chi connectivity index (χ3n) is 6.79. The van der Waals surface area contributed by atoms with Crippen molar-refractivity contribution in [3.05, 3.63) is 59.1 Å². The van der Waals surface area contributed by atoms with E-state index in [1.165, 1.54) is 0 Å². The summed E-state index contributed by atoms with van der Waals surface area (Å²) in [5.74, 6) is 1.23. The van der Waals surface area contributed by atoms with Crippen molar-refractivity contribution in [1.29, 1.82) is 0 Å². The summed E-state index contributed by atoms with van der Waals surface area (Å²) < 4.78 is 1.92. The van der Waals surface area contributed by atoms with Crippen LogP contribution in [0.3, 0.4) is 0 Å². The molecule has 0 spiro atoms. The average Bonchev–Trinajstić information content (AvgIpc) is 3.32. The van der Waals surface area contributed by atoms with E-state index in [0.717, 1.165) is 48.3 Å². The van der Waals surface area contributed by atoms with Gasteiger partial charge in [-0.2, -0.15) is 0 Å². The smallest absolute Gasteiger partial charge is 0.211 e. The summed E-state index contributed by atoms with van der Waals surface area (Å²) in [4.78, 5) is 11.7. The molecule has 0 unspecified atom stereocenters. The SMILES string of the molecule is CN1CCC(C(C)(C)Nc2nc(-c3ccncc3)c(-c3ccc(Cl)c(Cl)c3)c3nncn23)CC1. The first-order valence-corrected chi connectivity index (χ1v) is 12.2. The molecule has 0 saturated carbocycles. The molecule has 7 nitrogen and oxygen atoms in total. The molecular weight excluding hydrogens is 469 g/mol. The van der Waals surface area contributed by atoms with Crippen LogP contribution in [0, 0.1) is 5.92 Å². The number of anilines is 1. The number of hydrogen-bond acceptors (Lipinski definition) is 6. The molecular formula is C25H27Cl2N7. The lowest BCUT2D eigenvalue weighted by Gasteiger charge is -2.40. The van der Waals surface area contributed by atoms with Crippen LogP contribution in [0.5, 0.6) is 0 Å². The third-order valence-corrected chi connectivity index (χ3v) is 7.53. The zero-order valence-electron chi connectivity index (χ0n) is 19.5. The molecule has 1 N–H and O–H groups in total. The Morgan fingerprint density at radius 1 is 1.00 bits per heavy atom. The molecule has 0 bridgehead atoms. The van der Waals surface area contributed by atoms with Crippen LogP contribution in [0.1, 0.15) is 26.7 Å². The number of hydrogen-bond donors (Lipinski definition) is 1. The van der Waals surface area contributed by atoms with Crippen molar-refractivity contribution >= 4 is 34.8 Å². The molecule has 0 amide bonds. The fraction of sp³-hybridized carbons (Fsp3) is 0.360. The molecule has 0 aliphatic carbocycles. The minimum Gasteiger partial charge on any atom is -0.350 e. The molecule has 0 atom stereocenters. The van der Waals surface area contributed by atoms with E-state index < -0.39 is 0 Å². The predicted molar refractivity (Wildman–Crippen MR) is 137 cm³/mol. The summed E-state index contributed by atoms with van der Waals surface area (Å²) in [5.41, 5.74) is 3.95. The normalized spacial score (nSPS) is 15.7. The van der Waals surface area contributed by atoms with Crippen molar-refractivity contribution in [1.82, 2.24) is 29.5 Å². The first-order valence-electron chi connectivity index (χ1n) is 11.4. The van der Waals surface area contributed by atoms with Gasteiger partial charge < -0.3 is 10.2 Å². The van der Waals surface area contributed by atoms with Crippen molar-refractivity contribution < 1.29 is 0 Å². The maximum Gasteiger partial charge on any atom is 0.211 e. The number of piperidine rings is 1. The van der Waals surface area contributed by atoms with Gasteiger partial charge in [0.2, 0.25) is 5.95 Å². The van der Waals surface area contributed by atoms with E-state index in [4.69, 9.17) is 28.2 Å². The Bertz CT molecular complexity index is 1310. The molecule has 1 fully saturated rings. The van der Waals surface area contributed by atoms with Crippen LogP contribution in [0.4, 0.5) is 5.95 Å². The molecule has 0 radical (unpaired) electrons. The summed E-state index contributed by atoms with van der Waals surface area (Å²) in [6.45, 7) is 6.70. The number of aromatic nitrogens is 5. The van der Waals surface area contributed by atoms with E-state index >= 15 is 0 Å². The first-order chi connectivity index (χ1) is 16.3. The van der Waals surface area contributed by atoms with Gasteiger partial charge in [-0.15, -0.1) is 10.2 Å². The van der Waals surface area contributed by atoms with Gasteiger partial charge in [-0.05, 0) is 82.6 Å². The maximum absolute atomic E-state index is 6.38. The van der Waals surface area contributed by atoms with E-state index in [1.54, 1.807) is 24.8 Å². The molecule has 5 rings (SSSR count). The van der Waals surface area contributed by atoms with Crippen LogP contribution in [-0.2, 0) is 0 Å². The second-order valence-corrected chi connectivity index (χ2v) is 10.3. The Balaban J connectivity index is 1.66. The quantitative estimate of drug-likeness (QED) is 0.383. The average molecular weight is 496 g/mol. The summed E-state index contributed by atoms with van der Waals surface area (Å²) in [7, 11) is 2.18. The number of likely N-dealkylation sites (tertiary alicyclic amines) is 1. The van der Waals surface area contributed by atoms with Crippen molar-refractivity contribution in [3.63, 3.8) is 0 Å². The number of nitrogens with zero attached hydrogens (tertiary/aromatic N) is 6. The van der Waals surface area contributed by atoms with Crippen LogP contribution in [0.2, 0.25) is 10.0 Å². The number of pyridine rings is 1. The lowest BCUT2D eigenvalue weighted by molar-refractivity contribution is 0.175. The monoisotopic (exact) mass is 495 g/mol. The number of benzene rings is 1. The van der Waals surface area contributed by atoms with Crippen LogP contribution in [0.15, 0.2) is 49.1 Å². The van der Waals surface area contributed by atoms with Gasteiger partial charge in [0.1, 0.15) is 6.33 Å². The van der Waals surface area contributed by atoms with Gasteiger partial charge in [0.15, 0.2) is 5.65 Å². The van der Waals surface area contributed by atoms with Crippen LogP contribution < -0.4 is 5.32 Å². The van der Waals surface area contributed by atoms with Crippen molar-refractivity contribution in [2.45, 2.75) is 32.2 Å². The van der Waals surface area contributed by atoms with E-state index in [-0.39, 0.29) is 5.54 Å². The number of fused-ring (bicyclic) bond motifs is 1. The Morgan fingerprint density at radius 2 is 1.74 bits per heavy atom. The molecule has 3 aromatic heterocycles. The molecule has 4 heterocycles. The van der Waals surface area contributed by atoms with Gasteiger partial charge in [-0.25, -0.2) is 4.98 Å². The highest BCUT2D eigenvalue weighted by Gasteiger charge is 2.33. The number of nitrogens with one attached hydrogen (secondary N) is 1. The molecule has 1 aromatic carbocycles. The first kappa shape index (κ1) is 23.0. The highest BCUT2D eigenvalue weighted by molar-refractivity contribution is 6.42. The minimum absolute atomic E-state index is 0.161. The second kappa shape index (κ2) is 9.13. The Labute approximate surface area is 209 Å². The largest absolute Gasteiger partial charge is 0.350 e. The summed E-state index contributed by atoms with van der Waals surface area (Å²) in [5, 5.41) is 13.4. The molecule has 176 valence electrons. The van der Waals surface area contributed by atoms with E-state index in [2.05, 4.69) is 46.3 Å². The zero-order chi connectivity index (χ0) is 23.9. The topological polar surface area (TPSA) is 71.2 Å². The van der Waals surface area contributed by atoms with E-state index in [0.29, 0.717) is 27.6 Å². The molecule has 34 heavy (non-hydrogen) atoms. The highest BCUT2D eigenvalue weighted by atomic mass is 35.5. The van der Waals surface area contributed by atoms with Crippen molar-refractivity contribution in [2.24, 2.45) is 5.92 Å². The van der Waals surface area contributed by atoms with Gasteiger partial charge in [0, 0.05) is 23.5 Å². The van der Waals surface area contributed by atoms with Gasteiger partial charge in [0.05, 0.1) is 21.3 Å². The summed E-state index contributed by atoms with van der Waals surface area (Å²) in [6, 6.07) is 9.46. The molecule has 4 aromatic rings. The zero-order valence-corrected chi connectivity index (χ0v) is 21.0. The fourth-order valence-electron chi connectivity index (χ4n) is 4.73. The van der Waals surface area contributed by atoms with Gasteiger partial charge in [0.25, 0.3) is 0 Å². The molecule has 1 aliphatic heterocycles. The molecule has 1 aliphatic rings.